The third-order valence-corrected chi connectivity index (χ3v) is 1.91. The topological polar surface area (TPSA) is 68.3 Å². The van der Waals surface area contributed by atoms with Crippen molar-refractivity contribution in [3.63, 3.8) is 0 Å². The molecule has 1 aromatic heterocycles. The molecule has 0 spiro atoms. The van der Waals surface area contributed by atoms with Crippen LogP contribution in [-0.4, -0.2) is 12.5 Å². The third-order valence-electron chi connectivity index (χ3n) is 1.91. The molecule has 1 amide bonds. The Balaban J connectivity index is 2.21. The molecule has 1 aromatic rings. The van der Waals surface area contributed by atoms with Crippen molar-refractivity contribution in [2.75, 3.05) is 6.54 Å². The van der Waals surface area contributed by atoms with Crippen LogP contribution in [0, 0.1) is 0 Å². The number of rotatable bonds is 6. The lowest BCUT2D eigenvalue weighted by molar-refractivity contribution is -0.117. The normalized spacial score (nSPS) is 10.4. The number of carbonyl (C=O) groups is 1. The zero-order valence-electron chi connectivity index (χ0n) is 8.38. The fourth-order valence-corrected chi connectivity index (χ4v) is 1.13. The maximum Gasteiger partial charge on any atom is 0.218 e. The van der Waals surface area contributed by atoms with Crippen LogP contribution in [0.4, 0.5) is 0 Å². The van der Waals surface area contributed by atoms with Crippen LogP contribution >= 0.6 is 0 Å². The first kappa shape index (κ1) is 10.8. The van der Waals surface area contributed by atoms with Crippen LogP contribution in [0.2, 0.25) is 0 Å². The summed E-state index contributed by atoms with van der Waals surface area (Å²) in [6.45, 7) is 3.29. The van der Waals surface area contributed by atoms with E-state index in [-0.39, 0.29) is 5.91 Å². The van der Waals surface area contributed by atoms with Gasteiger partial charge in [-0.05, 0) is 12.1 Å². The minimum Gasteiger partial charge on any atom is -0.465 e. The van der Waals surface area contributed by atoms with Crippen LogP contribution in [0.5, 0.6) is 0 Å². The Hall–Kier alpha value is -1.29. The summed E-state index contributed by atoms with van der Waals surface area (Å²) >= 11 is 0. The highest BCUT2D eigenvalue weighted by Gasteiger charge is 1.99. The molecule has 0 atom stereocenters. The van der Waals surface area contributed by atoms with Crippen molar-refractivity contribution < 1.29 is 9.21 Å². The van der Waals surface area contributed by atoms with Crippen molar-refractivity contribution >= 4 is 5.91 Å². The second-order valence-corrected chi connectivity index (χ2v) is 3.11. The zero-order valence-corrected chi connectivity index (χ0v) is 8.38. The highest BCUT2D eigenvalue weighted by molar-refractivity contribution is 5.73. The number of amides is 1. The molecule has 4 heteroatoms. The summed E-state index contributed by atoms with van der Waals surface area (Å²) in [7, 11) is 0. The average molecular weight is 196 g/mol. The minimum atomic E-state index is -0.286. The van der Waals surface area contributed by atoms with Crippen LogP contribution in [-0.2, 0) is 17.8 Å². The molecule has 0 aliphatic heterocycles. The van der Waals surface area contributed by atoms with Crippen LogP contribution in [0.25, 0.3) is 0 Å². The van der Waals surface area contributed by atoms with Crippen LogP contribution in [0.15, 0.2) is 16.5 Å². The summed E-state index contributed by atoms with van der Waals surface area (Å²) in [6.07, 6.45) is 1.27. The van der Waals surface area contributed by atoms with Crippen LogP contribution in [0.3, 0.4) is 0 Å². The smallest absolute Gasteiger partial charge is 0.218 e. The summed E-state index contributed by atoms with van der Waals surface area (Å²) in [5.41, 5.74) is 5.00. The van der Waals surface area contributed by atoms with Gasteiger partial charge in [0.15, 0.2) is 0 Å². The number of aryl methyl sites for hydroxylation is 1. The fourth-order valence-electron chi connectivity index (χ4n) is 1.13. The summed E-state index contributed by atoms with van der Waals surface area (Å²) in [5.74, 6) is 1.59. The fraction of sp³-hybridized carbons (Fsp3) is 0.500. The second kappa shape index (κ2) is 5.44. The van der Waals surface area contributed by atoms with Gasteiger partial charge >= 0.3 is 0 Å². The Kier molecular flexibility index (Phi) is 4.19. The van der Waals surface area contributed by atoms with Gasteiger partial charge in [-0.25, -0.2) is 0 Å². The molecule has 78 valence electrons. The molecule has 1 heterocycles. The molecule has 3 N–H and O–H groups in total. The zero-order chi connectivity index (χ0) is 10.4. The van der Waals surface area contributed by atoms with Crippen molar-refractivity contribution in [1.29, 1.82) is 0 Å². The predicted octanol–water partition coefficient (Wildman–Crippen LogP) is 0.807. The average Bonchev–Trinajstić information content (AvgIpc) is 2.60. The monoisotopic (exact) mass is 196 g/mol. The summed E-state index contributed by atoms with van der Waals surface area (Å²) in [4.78, 5) is 10.4. The van der Waals surface area contributed by atoms with Gasteiger partial charge in [-0.3, -0.25) is 4.79 Å². The Labute approximate surface area is 83.5 Å². The molecule has 14 heavy (non-hydrogen) atoms. The number of carbonyl (C=O) groups excluding carboxylic acids is 1. The van der Waals surface area contributed by atoms with E-state index >= 15 is 0 Å². The minimum absolute atomic E-state index is 0.286. The first-order valence-electron chi connectivity index (χ1n) is 4.79. The first-order chi connectivity index (χ1) is 6.72. The van der Waals surface area contributed by atoms with Gasteiger partial charge in [-0.1, -0.05) is 6.92 Å². The molecular formula is C10H16N2O2. The number of hydrogen-bond donors (Lipinski definition) is 2. The quantitative estimate of drug-likeness (QED) is 0.661. The molecule has 0 unspecified atom stereocenters. The van der Waals surface area contributed by atoms with Crippen molar-refractivity contribution in [3.05, 3.63) is 23.7 Å². The first-order valence-corrected chi connectivity index (χ1v) is 4.79. The molecule has 0 radical (unpaired) electrons. The largest absolute Gasteiger partial charge is 0.465 e. The van der Waals surface area contributed by atoms with E-state index in [9.17, 15) is 4.79 Å². The van der Waals surface area contributed by atoms with Gasteiger partial charge in [0.1, 0.15) is 11.5 Å². The SMILES string of the molecule is CCc1ccc(CNCCC(N)=O)o1. The molecule has 0 saturated heterocycles. The molecule has 4 nitrogen and oxygen atoms in total. The number of furan rings is 1. The van der Waals surface area contributed by atoms with E-state index < -0.39 is 0 Å². The van der Waals surface area contributed by atoms with Gasteiger partial charge in [0.05, 0.1) is 6.54 Å². The van der Waals surface area contributed by atoms with Gasteiger partial charge in [0, 0.05) is 19.4 Å². The Bertz CT molecular complexity index is 294. The lowest BCUT2D eigenvalue weighted by Crippen LogP contribution is -2.21. The van der Waals surface area contributed by atoms with E-state index in [0.717, 1.165) is 17.9 Å². The van der Waals surface area contributed by atoms with E-state index in [1.54, 1.807) is 0 Å². The van der Waals surface area contributed by atoms with Crippen LogP contribution in [0.1, 0.15) is 24.9 Å². The van der Waals surface area contributed by atoms with Gasteiger partial charge in [0.25, 0.3) is 0 Å². The van der Waals surface area contributed by atoms with Crippen molar-refractivity contribution in [1.82, 2.24) is 5.32 Å². The van der Waals surface area contributed by atoms with E-state index in [1.807, 2.05) is 19.1 Å². The third kappa shape index (κ3) is 3.62. The molecule has 0 saturated carbocycles. The molecule has 0 fully saturated rings. The van der Waals surface area contributed by atoms with Gasteiger partial charge < -0.3 is 15.5 Å². The Morgan fingerprint density at radius 2 is 2.21 bits per heavy atom. The van der Waals surface area contributed by atoms with Crippen molar-refractivity contribution in [2.24, 2.45) is 5.73 Å². The van der Waals surface area contributed by atoms with E-state index in [1.165, 1.54) is 0 Å². The number of primary amides is 1. The number of nitrogens with two attached hydrogens (primary N) is 1. The molecular weight excluding hydrogens is 180 g/mol. The van der Waals surface area contributed by atoms with Gasteiger partial charge in [0.2, 0.25) is 5.91 Å². The predicted molar refractivity (Wildman–Crippen MR) is 53.6 cm³/mol. The summed E-state index contributed by atoms with van der Waals surface area (Å²) in [5, 5.41) is 3.08. The van der Waals surface area contributed by atoms with Gasteiger partial charge in [-0.2, -0.15) is 0 Å². The van der Waals surface area contributed by atoms with Crippen molar-refractivity contribution in [2.45, 2.75) is 26.3 Å². The highest BCUT2D eigenvalue weighted by atomic mass is 16.3. The van der Waals surface area contributed by atoms with E-state index in [0.29, 0.717) is 19.5 Å². The summed E-state index contributed by atoms with van der Waals surface area (Å²) in [6, 6.07) is 3.90. The maximum atomic E-state index is 10.4. The lowest BCUT2D eigenvalue weighted by atomic mass is 10.3. The number of hydrogen-bond acceptors (Lipinski definition) is 3. The highest BCUT2D eigenvalue weighted by Crippen LogP contribution is 2.07. The summed E-state index contributed by atoms with van der Waals surface area (Å²) < 4.78 is 5.46. The Morgan fingerprint density at radius 3 is 2.79 bits per heavy atom. The Morgan fingerprint density at radius 1 is 1.50 bits per heavy atom. The standard InChI is InChI=1S/C10H16N2O2/c1-2-8-3-4-9(14-8)7-12-6-5-10(11)13/h3-4,12H,2,5-7H2,1H3,(H2,11,13). The van der Waals surface area contributed by atoms with Gasteiger partial charge in [-0.15, -0.1) is 0 Å². The molecule has 0 aromatic carbocycles. The van der Waals surface area contributed by atoms with E-state index in [4.69, 9.17) is 10.2 Å². The maximum absolute atomic E-state index is 10.4. The molecule has 0 aliphatic rings. The molecule has 0 bridgehead atoms. The lowest BCUT2D eigenvalue weighted by Gasteiger charge is -1.99. The molecule has 0 aliphatic carbocycles. The molecule has 1 rings (SSSR count). The number of nitrogens with one attached hydrogen (secondary N) is 1. The second-order valence-electron chi connectivity index (χ2n) is 3.11. The van der Waals surface area contributed by atoms with E-state index in [2.05, 4.69) is 5.32 Å². The van der Waals surface area contributed by atoms with Crippen LogP contribution < -0.4 is 11.1 Å². The van der Waals surface area contributed by atoms with Crippen molar-refractivity contribution in [3.8, 4) is 0 Å².